The first-order valence-corrected chi connectivity index (χ1v) is 8.68. The van der Waals surface area contributed by atoms with Crippen molar-refractivity contribution in [2.24, 2.45) is 11.3 Å². The van der Waals surface area contributed by atoms with Gasteiger partial charge < -0.3 is 5.32 Å². The van der Waals surface area contributed by atoms with Gasteiger partial charge in [-0.1, -0.05) is 50.1 Å². The summed E-state index contributed by atoms with van der Waals surface area (Å²) in [5.41, 5.74) is 0.745. The fraction of sp³-hybridized carbons (Fsp3) is 0.684. The molecule has 1 spiro atoms. The molecule has 1 atom stereocenters. The maximum atomic E-state index is 13.0. The van der Waals surface area contributed by atoms with Crippen molar-refractivity contribution in [1.82, 2.24) is 5.32 Å². The average Bonchev–Trinajstić information content (AvgIpc) is 2.85. The van der Waals surface area contributed by atoms with E-state index < -0.39 is 11.7 Å². The molecule has 1 heterocycles. The van der Waals surface area contributed by atoms with Gasteiger partial charge in [-0.15, -0.1) is 0 Å². The van der Waals surface area contributed by atoms with Crippen LogP contribution in [0.15, 0.2) is 36.0 Å². The highest BCUT2D eigenvalue weighted by Gasteiger charge is 2.43. The summed E-state index contributed by atoms with van der Waals surface area (Å²) < 4.78 is 39.0. The number of hydrogen-bond donors (Lipinski definition) is 1. The Balaban J connectivity index is 1.86. The molecule has 1 saturated heterocycles. The molecule has 0 bridgehead atoms. The van der Waals surface area contributed by atoms with E-state index in [0.29, 0.717) is 17.8 Å². The van der Waals surface area contributed by atoms with Crippen molar-refractivity contribution in [3.8, 4) is 0 Å². The minimum absolute atomic E-state index is 0.473. The first-order chi connectivity index (χ1) is 10.8. The number of alkyl halides is 3. The van der Waals surface area contributed by atoms with Crippen LogP contribution >= 0.6 is 0 Å². The molecule has 23 heavy (non-hydrogen) atoms. The van der Waals surface area contributed by atoms with Gasteiger partial charge >= 0.3 is 6.18 Å². The molecule has 0 aromatic carbocycles. The monoisotopic (exact) mass is 327 g/mol. The standard InChI is InChI=1S/C19H28F3N/c1-3-4-5-6-17(19(20,21)22)8-7-15(2)11-16-9-10-18(12-16)13-23-14-18/h6-8,16,23H,2-5,9-14H2,1H3/b8-7-,17-6+. The van der Waals surface area contributed by atoms with Gasteiger partial charge in [0.05, 0.1) is 5.57 Å². The third kappa shape index (κ3) is 5.23. The SMILES string of the molecule is C=C(/C=C\C(=C/CCCC)C(F)(F)F)CC1CCC2(CNC2)C1. The molecule has 2 aliphatic rings. The normalized spacial score (nSPS) is 24.3. The zero-order valence-electron chi connectivity index (χ0n) is 14.0. The molecular formula is C19H28F3N. The van der Waals surface area contributed by atoms with Crippen molar-refractivity contribution in [2.45, 2.75) is 58.0 Å². The van der Waals surface area contributed by atoms with Crippen molar-refractivity contribution in [3.05, 3.63) is 36.0 Å². The maximum Gasteiger partial charge on any atom is 0.416 e. The third-order valence-electron chi connectivity index (χ3n) is 5.10. The van der Waals surface area contributed by atoms with E-state index in [1.165, 1.54) is 31.4 Å². The van der Waals surface area contributed by atoms with Crippen LogP contribution in [-0.2, 0) is 0 Å². The number of rotatable bonds is 7. The van der Waals surface area contributed by atoms with E-state index in [-0.39, 0.29) is 0 Å². The molecule has 0 radical (unpaired) electrons. The van der Waals surface area contributed by atoms with Crippen LogP contribution in [0, 0.1) is 11.3 Å². The van der Waals surface area contributed by atoms with Crippen molar-refractivity contribution in [1.29, 1.82) is 0 Å². The van der Waals surface area contributed by atoms with Crippen LogP contribution in [0.2, 0.25) is 0 Å². The minimum atomic E-state index is -4.28. The zero-order valence-corrected chi connectivity index (χ0v) is 14.0. The Labute approximate surface area is 137 Å². The Bertz CT molecular complexity index is 469. The number of allylic oxidation sites excluding steroid dienone is 5. The van der Waals surface area contributed by atoms with Gasteiger partial charge in [0.15, 0.2) is 0 Å². The predicted octanol–water partition coefficient (Wildman–Crippen LogP) is 5.56. The van der Waals surface area contributed by atoms with E-state index in [4.69, 9.17) is 0 Å². The van der Waals surface area contributed by atoms with Crippen molar-refractivity contribution in [3.63, 3.8) is 0 Å². The van der Waals surface area contributed by atoms with Crippen LogP contribution in [0.3, 0.4) is 0 Å². The zero-order chi connectivity index (χ0) is 16.9. The number of unbranched alkanes of at least 4 members (excludes halogenated alkanes) is 2. The number of hydrogen-bond acceptors (Lipinski definition) is 1. The van der Waals surface area contributed by atoms with Crippen LogP contribution in [0.1, 0.15) is 51.9 Å². The second kappa shape index (κ2) is 7.69. The van der Waals surface area contributed by atoms with Crippen LogP contribution in [0.25, 0.3) is 0 Å². The summed E-state index contributed by atoms with van der Waals surface area (Å²) >= 11 is 0. The van der Waals surface area contributed by atoms with Gasteiger partial charge in [0, 0.05) is 13.1 Å². The molecule has 1 aliphatic carbocycles. The fourth-order valence-electron chi connectivity index (χ4n) is 3.69. The van der Waals surface area contributed by atoms with Crippen molar-refractivity contribution < 1.29 is 13.2 Å². The molecule has 130 valence electrons. The number of halogens is 3. The lowest BCUT2D eigenvalue weighted by Crippen LogP contribution is -2.51. The first-order valence-electron chi connectivity index (χ1n) is 8.68. The molecular weight excluding hydrogens is 299 g/mol. The van der Waals surface area contributed by atoms with Gasteiger partial charge in [-0.25, -0.2) is 0 Å². The fourth-order valence-corrected chi connectivity index (χ4v) is 3.69. The highest BCUT2D eigenvalue weighted by atomic mass is 19.4. The van der Waals surface area contributed by atoms with Crippen molar-refractivity contribution in [2.75, 3.05) is 13.1 Å². The lowest BCUT2D eigenvalue weighted by Gasteiger charge is -2.39. The summed E-state index contributed by atoms with van der Waals surface area (Å²) in [5, 5.41) is 3.33. The Morgan fingerprint density at radius 2 is 2.04 bits per heavy atom. The van der Waals surface area contributed by atoms with Crippen LogP contribution < -0.4 is 5.32 Å². The van der Waals surface area contributed by atoms with E-state index in [1.54, 1.807) is 6.08 Å². The molecule has 0 aromatic heterocycles. The molecule has 4 heteroatoms. The quantitative estimate of drug-likeness (QED) is 0.477. The summed E-state index contributed by atoms with van der Waals surface area (Å²) in [6, 6.07) is 0. The summed E-state index contributed by atoms with van der Waals surface area (Å²) in [4.78, 5) is 0. The highest BCUT2D eigenvalue weighted by Crippen LogP contribution is 2.46. The molecule has 0 aromatic rings. The van der Waals surface area contributed by atoms with E-state index in [1.807, 2.05) is 6.92 Å². The van der Waals surface area contributed by atoms with Crippen LogP contribution in [0.5, 0.6) is 0 Å². The van der Waals surface area contributed by atoms with Gasteiger partial charge in [-0.2, -0.15) is 13.2 Å². The van der Waals surface area contributed by atoms with Gasteiger partial charge in [0.25, 0.3) is 0 Å². The Morgan fingerprint density at radius 1 is 1.30 bits per heavy atom. The predicted molar refractivity (Wildman–Crippen MR) is 89.2 cm³/mol. The van der Waals surface area contributed by atoms with Crippen molar-refractivity contribution >= 4 is 0 Å². The Kier molecular flexibility index (Phi) is 6.12. The molecule has 1 aliphatic heterocycles. The van der Waals surface area contributed by atoms with Gasteiger partial charge in [0.1, 0.15) is 0 Å². The van der Waals surface area contributed by atoms with Gasteiger partial charge in [-0.05, 0) is 43.4 Å². The lowest BCUT2D eigenvalue weighted by molar-refractivity contribution is -0.0884. The lowest BCUT2D eigenvalue weighted by atomic mass is 9.79. The first kappa shape index (κ1) is 18.3. The Hall–Kier alpha value is -1.03. The number of nitrogens with one attached hydrogen (secondary N) is 1. The van der Waals surface area contributed by atoms with Crippen LogP contribution in [-0.4, -0.2) is 19.3 Å². The smallest absolute Gasteiger partial charge is 0.316 e. The molecule has 2 fully saturated rings. The van der Waals surface area contributed by atoms with Gasteiger partial charge in [0.2, 0.25) is 0 Å². The van der Waals surface area contributed by atoms with E-state index in [0.717, 1.165) is 37.9 Å². The second-order valence-corrected chi connectivity index (χ2v) is 7.21. The maximum absolute atomic E-state index is 13.0. The summed E-state index contributed by atoms with van der Waals surface area (Å²) in [6.07, 6.45) is 6.37. The molecule has 0 amide bonds. The highest BCUT2D eigenvalue weighted by molar-refractivity contribution is 5.30. The van der Waals surface area contributed by atoms with E-state index in [9.17, 15) is 13.2 Å². The largest absolute Gasteiger partial charge is 0.416 e. The molecule has 1 saturated carbocycles. The summed E-state index contributed by atoms with van der Waals surface area (Å²) in [6.45, 7) is 8.14. The van der Waals surface area contributed by atoms with Gasteiger partial charge in [-0.3, -0.25) is 0 Å². The topological polar surface area (TPSA) is 12.0 Å². The second-order valence-electron chi connectivity index (χ2n) is 7.21. The molecule has 1 nitrogen and oxygen atoms in total. The third-order valence-corrected chi connectivity index (χ3v) is 5.10. The minimum Gasteiger partial charge on any atom is -0.316 e. The van der Waals surface area contributed by atoms with Crippen LogP contribution in [0.4, 0.5) is 13.2 Å². The molecule has 1 N–H and O–H groups in total. The molecule has 1 unspecified atom stereocenters. The molecule has 2 rings (SSSR count). The van der Waals surface area contributed by atoms with E-state index >= 15 is 0 Å². The Morgan fingerprint density at radius 3 is 2.57 bits per heavy atom. The van der Waals surface area contributed by atoms with E-state index in [2.05, 4.69) is 11.9 Å². The summed E-state index contributed by atoms with van der Waals surface area (Å²) in [5.74, 6) is 0.577. The summed E-state index contributed by atoms with van der Waals surface area (Å²) in [7, 11) is 0. The average molecular weight is 327 g/mol.